The van der Waals surface area contributed by atoms with Crippen LogP contribution in [0.15, 0.2) is 30.3 Å². The Morgan fingerprint density at radius 2 is 2.07 bits per heavy atom. The molecule has 0 bridgehead atoms. The highest BCUT2D eigenvalue weighted by Gasteiger charge is 2.19. The minimum atomic E-state index is 0.256. The van der Waals surface area contributed by atoms with Crippen molar-refractivity contribution in [3.63, 3.8) is 0 Å². The normalized spacial score (nSPS) is 15.7. The van der Waals surface area contributed by atoms with Gasteiger partial charge in [-0.3, -0.25) is 4.79 Å². The Morgan fingerprint density at radius 3 is 2.73 bits per heavy atom. The van der Waals surface area contributed by atoms with E-state index in [0.29, 0.717) is 19.6 Å². The molecule has 0 unspecified atom stereocenters. The molecule has 0 aliphatic carbocycles. The monoisotopic (exact) mass is 205 g/mol. The van der Waals surface area contributed by atoms with Crippen LogP contribution in [0.1, 0.15) is 12.8 Å². The molecule has 3 nitrogen and oxygen atoms in total. The van der Waals surface area contributed by atoms with Crippen molar-refractivity contribution in [1.29, 1.82) is 0 Å². The first-order chi connectivity index (χ1) is 7.36. The molecule has 0 radical (unpaired) electrons. The van der Waals surface area contributed by atoms with E-state index in [1.165, 1.54) is 0 Å². The molecule has 1 amide bonds. The van der Waals surface area contributed by atoms with Crippen LogP contribution in [0.4, 0.5) is 0 Å². The van der Waals surface area contributed by atoms with Gasteiger partial charge in [0.05, 0.1) is 6.54 Å². The molecule has 1 aliphatic heterocycles. The molecule has 0 N–H and O–H groups in total. The Kier molecular flexibility index (Phi) is 3.22. The van der Waals surface area contributed by atoms with Gasteiger partial charge in [-0.15, -0.1) is 0 Å². The number of benzene rings is 1. The number of carbonyl (C=O) groups is 1. The number of ether oxygens (including phenoxy) is 1. The predicted molar refractivity (Wildman–Crippen MR) is 57.8 cm³/mol. The highest BCUT2D eigenvalue weighted by atomic mass is 16.5. The van der Waals surface area contributed by atoms with Crippen molar-refractivity contribution in [2.75, 3.05) is 19.7 Å². The lowest BCUT2D eigenvalue weighted by atomic mass is 10.3. The third-order valence-electron chi connectivity index (χ3n) is 2.54. The molecular weight excluding hydrogens is 190 g/mol. The van der Waals surface area contributed by atoms with Crippen molar-refractivity contribution in [3.05, 3.63) is 30.3 Å². The van der Waals surface area contributed by atoms with E-state index in [4.69, 9.17) is 4.74 Å². The lowest BCUT2D eigenvalue weighted by Crippen LogP contribution is -2.29. The number of nitrogens with zero attached hydrogens (tertiary/aromatic N) is 1. The van der Waals surface area contributed by atoms with Crippen molar-refractivity contribution >= 4 is 5.91 Å². The fraction of sp³-hybridized carbons (Fsp3) is 0.417. The fourth-order valence-electron chi connectivity index (χ4n) is 1.73. The van der Waals surface area contributed by atoms with Crippen LogP contribution in [0.2, 0.25) is 0 Å². The third-order valence-corrected chi connectivity index (χ3v) is 2.54. The van der Waals surface area contributed by atoms with Crippen LogP contribution in [0.3, 0.4) is 0 Å². The number of rotatable bonds is 4. The minimum absolute atomic E-state index is 0.256. The summed E-state index contributed by atoms with van der Waals surface area (Å²) in [5, 5.41) is 0. The second-order valence-electron chi connectivity index (χ2n) is 3.65. The van der Waals surface area contributed by atoms with E-state index in [-0.39, 0.29) is 5.91 Å². The summed E-state index contributed by atoms with van der Waals surface area (Å²) in [5.41, 5.74) is 0. The van der Waals surface area contributed by atoms with Crippen LogP contribution in [0.25, 0.3) is 0 Å². The molecule has 0 aromatic heterocycles. The summed E-state index contributed by atoms with van der Waals surface area (Å²) in [6.45, 7) is 2.17. The first-order valence-corrected chi connectivity index (χ1v) is 5.32. The summed E-state index contributed by atoms with van der Waals surface area (Å²) in [4.78, 5) is 13.2. The molecule has 15 heavy (non-hydrogen) atoms. The van der Waals surface area contributed by atoms with Crippen LogP contribution in [0.5, 0.6) is 5.75 Å². The molecule has 1 aromatic rings. The van der Waals surface area contributed by atoms with Gasteiger partial charge in [-0.25, -0.2) is 0 Å². The molecule has 80 valence electrons. The molecule has 2 rings (SSSR count). The van der Waals surface area contributed by atoms with Gasteiger partial charge in [0.15, 0.2) is 0 Å². The van der Waals surface area contributed by atoms with Crippen LogP contribution < -0.4 is 4.74 Å². The number of carbonyl (C=O) groups excluding carboxylic acids is 1. The minimum Gasteiger partial charge on any atom is -0.492 e. The van der Waals surface area contributed by atoms with Crippen LogP contribution >= 0.6 is 0 Å². The van der Waals surface area contributed by atoms with Gasteiger partial charge in [-0.05, 0) is 18.6 Å². The van der Waals surface area contributed by atoms with Gasteiger partial charge in [0.2, 0.25) is 5.91 Å². The largest absolute Gasteiger partial charge is 0.492 e. The van der Waals surface area contributed by atoms with E-state index < -0.39 is 0 Å². The lowest BCUT2D eigenvalue weighted by Gasteiger charge is -2.15. The number of para-hydroxylation sites is 1. The van der Waals surface area contributed by atoms with E-state index in [1.807, 2.05) is 35.2 Å². The Hall–Kier alpha value is -1.51. The lowest BCUT2D eigenvalue weighted by molar-refractivity contribution is -0.128. The molecule has 1 aliphatic rings. The second kappa shape index (κ2) is 4.82. The SMILES string of the molecule is O=C1CCCN1CCOc1ccccc1. The molecule has 0 spiro atoms. The Labute approximate surface area is 89.7 Å². The van der Waals surface area contributed by atoms with Gasteiger partial charge in [-0.2, -0.15) is 0 Å². The standard InChI is InChI=1S/C12H15NO2/c14-12-7-4-8-13(12)9-10-15-11-5-2-1-3-6-11/h1-3,5-6H,4,7-10H2. The highest BCUT2D eigenvalue weighted by Crippen LogP contribution is 2.11. The topological polar surface area (TPSA) is 29.5 Å². The average molecular weight is 205 g/mol. The maximum Gasteiger partial charge on any atom is 0.222 e. The quantitative estimate of drug-likeness (QED) is 0.748. The Morgan fingerprint density at radius 1 is 1.27 bits per heavy atom. The maximum absolute atomic E-state index is 11.3. The number of hydrogen-bond acceptors (Lipinski definition) is 2. The highest BCUT2D eigenvalue weighted by molar-refractivity contribution is 5.78. The fourth-order valence-corrected chi connectivity index (χ4v) is 1.73. The average Bonchev–Trinajstić information content (AvgIpc) is 2.66. The van der Waals surface area contributed by atoms with Gasteiger partial charge in [0, 0.05) is 13.0 Å². The molecule has 1 heterocycles. The van der Waals surface area contributed by atoms with Crippen molar-refractivity contribution in [3.8, 4) is 5.75 Å². The molecule has 1 aromatic carbocycles. The van der Waals surface area contributed by atoms with Gasteiger partial charge in [0.1, 0.15) is 12.4 Å². The molecule has 1 saturated heterocycles. The zero-order valence-corrected chi connectivity index (χ0v) is 8.69. The predicted octanol–water partition coefficient (Wildman–Crippen LogP) is 1.69. The zero-order chi connectivity index (χ0) is 10.5. The van der Waals surface area contributed by atoms with E-state index in [0.717, 1.165) is 18.7 Å². The van der Waals surface area contributed by atoms with Gasteiger partial charge in [0.25, 0.3) is 0 Å². The zero-order valence-electron chi connectivity index (χ0n) is 8.69. The van der Waals surface area contributed by atoms with Crippen molar-refractivity contribution in [2.45, 2.75) is 12.8 Å². The summed E-state index contributed by atoms with van der Waals surface area (Å²) in [7, 11) is 0. The maximum atomic E-state index is 11.3. The molecule has 0 atom stereocenters. The van der Waals surface area contributed by atoms with Crippen LogP contribution in [0, 0.1) is 0 Å². The number of hydrogen-bond donors (Lipinski definition) is 0. The molecular formula is C12H15NO2. The Bertz CT molecular complexity index is 324. The van der Waals surface area contributed by atoms with E-state index in [2.05, 4.69) is 0 Å². The summed E-state index contributed by atoms with van der Waals surface area (Å²) in [6, 6.07) is 9.68. The summed E-state index contributed by atoms with van der Waals surface area (Å²) < 4.78 is 5.52. The van der Waals surface area contributed by atoms with Gasteiger partial charge in [-0.1, -0.05) is 18.2 Å². The summed E-state index contributed by atoms with van der Waals surface area (Å²) in [5.74, 6) is 1.12. The van der Waals surface area contributed by atoms with Gasteiger partial charge >= 0.3 is 0 Å². The number of likely N-dealkylation sites (tertiary alicyclic amines) is 1. The summed E-state index contributed by atoms with van der Waals surface area (Å²) >= 11 is 0. The second-order valence-corrected chi connectivity index (χ2v) is 3.65. The molecule has 1 fully saturated rings. The van der Waals surface area contributed by atoms with E-state index in [9.17, 15) is 4.79 Å². The third kappa shape index (κ3) is 2.72. The van der Waals surface area contributed by atoms with Gasteiger partial charge < -0.3 is 9.64 Å². The first kappa shape index (κ1) is 10.0. The van der Waals surface area contributed by atoms with Crippen molar-refractivity contribution in [1.82, 2.24) is 4.90 Å². The summed E-state index contributed by atoms with van der Waals surface area (Å²) in [6.07, 6.45) is 1.69. The number of amides is 1. The van der Waals surface area contributed by atoms with Crippen molar-refractivity contribution < 1.29 is 9.53 Å². The van der Waals surface area contributed by atoms with Crippen LogP contribution in [-0.4, -0.2) is 30.5 Å². The van der Waals surface area contributed by atoms with E-state index in [1.54, 1.807) is 0 Å². The molecule has 0 saturated carbocycles. The smallest absolute Gasteiger partial charge is 0.222 e. The van der Waals surface area contributed by atoms with E-state index >= 15 is 0 Å². The first-order valence-electron chi connectivity index (χ1n) is 5.32. The molecule has 3 heteroatoms. The Balaban J connectivity index is 1.73. The van der Waals surface area contributed by atoms with Crippen molar-refractivity contribution in [2.24, 2.45) is 0 Å². The van der Waals surface area contributed by atoms with Crippen LogP contribution in [-0.2, 0) is 4.79 Å².